The van der Waals surface area contributed by atoms with E-state index in [2.05, 4.69) is 4.98 Å². The average molecular weight is 304 g/mol. The SMILES string of the molecule is CCCOC(C(O)Cn1ccnc1)[Si](OC)(OC)OC. The molecule has 0 aromatic carbocycles. The first-order valence-electron chi connectivity index (χ1n) is 6.54. The van der Waals surface area contributed by atoms with E-state index in [1.807, 2.05) is 6.92 Å². The van der Waals surface area contributed by atoms with Crippen molar-refractivity contribution >= 4 is 8.80 Å². The van der Waals surface area contributed by atoms with Crippen LogP contribution in [0.3, 0.4) is 0 Å². The molecular formula is C12H24N2O5Si. The Labute approximate surface area is 120 Å². The monoisotopic (exact) mass is 304 g/mol. The van der Waals surface area contributed by atoms with Gasteiger partial charge in [-0.3, -0.25) is 0 Å². The zero-order valence-electron chi connectivity index (χ0n) is 12.5. The van der Waals surface area contributed by atoms with Gasteiger partial charge < -0.3 is 27.7 Å². The standard InChI is InChI=1S/C12H24N2O5Si/c1-5-8-19-12(20(16-2,17-3)18-4)11(15)9-14-7-6-13-10-14/h6-7,10-12,15H,5,8-9H2,1-4H3. The number of hydrogen-bond donors (Lipinski definition) is 1. The van der Waals surface area contributed by atoms with Crippen LogP contribution in [0.5, 0.6) is 0 Å². The van der Waals surface area contributed by atoms with E-state index < -0.39 is 20.6 Å². The van der Waals surface area contributed by atoms with E-state index >= 15 is 0 Å². The zero-order valence-corrected chi connectivity index (χ0v) is 13.5. The largest absolute Gasteiger partial charge is 0.533 e. The van der Waals surface area contributed by atoms with Crippen LogP contribution in [0.15, 0.2) is 18.7 Å². The average Bonchev–Trinajstić information content (AvgIpc) is 2.96. The fourth-order valence-corrected chi connectivity index (χ4v) is 4.09. The zero-order chi connectivity index (χ0) is 15.0. The third-order valence-electron chi connectivity index (χ3n) is 3.01. The number of aromatic nitrogens is 2. The van der Waals surface area contributed by atoms with E-state index in [0.29, 0.717) is 13.2 Å². The lowest BCUT2D eigenvalue weighted by atomic mass is 10.3. The van der Waals surface area contributed by atoms with Gasteiger partial charge in [-0.05, 0) is 6.42 Å². The number of rotatable bonds is 10. The number of imidazole rings is 1. The van der Waals surface area contributed by atoms with E-state index in [1.54, 1.807) is 23.3 Å². The highest BCUT2D eigenvalue weighted by Gasteiger charge is 2.52. The van der Waals surface area contributed by atoms with Crippen molar-refractivity contribution < 1.29 is 23.1 Å². The van der Waals surface area contributed by atoms with Crippen molar-refractivity contribution in [2.75, 3.05) is 27.9 Å². The molecule has 2 atom stereocenters. The lowest BCUT2D eigenvalue weighted by molar-refractivity contribution is -0.0526. The second-order valence-corrected chi connectivity index (χ2v) is 7.34. The Morgan fingerprint density at radius 3 is 2.35 bits per heavy atom. The van der Waals surface area contributed by atoms with Crippen LogP contribution in [-0.4, -0.2) is 63.2 Å². The molecule has 0 spiro atoms. The van der Waals surface area contributed by atoms with Crippen LogP contribution < -0.4 is 0 Å². The van der Waals surface area contributed by atoms with Crippen LogP contribution in [-0.2, 0) is 24.6 Å². The van der Waals surface area contributed by atoms with Crippen molar-refractivity contribution in [2.45, 2.75) is 31.7 Å². The molecule has 0 amide bonds. The van der Waals surface area contributed by atoms with Gasteiger partial charge in [0.25, 0.3) is 0 Å². The third kappa shape index (κ3) is 4.11. The van der Waals surface area contributed by atoms with E-state index in [1.165, 1.54) is 21.3 Å². The quantitative estimate of drug-likeness (QED) is 0.633. The van der Waals surface area contributed by atoms with E-state index in [-0.39, 0.29) is 0 Å². The molecule has 0 bridgehead atoms. The highest BCUT2D eigenvalue weighted by molar-refractivity contribution is 6.62. The van der Waals surface area contributed by atoms with Gasteiger partial charge in [0.1, 0.15) is 6.10 Å². The summed E-state index contributed by atoms with van der Waals surface area (Å²) in [6, 6.07) is 0. The summed E-state index contributed by atoms with van der Waals surface area (Å²) in [4.78, 5) is 3.95. The predicted molar refractivity (Wildman–Crippen MR) is 75.0 cm³/mol. The van der Waals surface area contributed by atoms with Gasteiger partial charge in [0.15, 0.2) is 5.73 Å². The van der Waals surface area contributed by atoms with Gasteiger partial charge in [-0.1, -0.05) is 6.92 Å². The minimum absolute atomic E-state index is 0.333. The van der Waals surface area contributed by atoms with Gasteiger partial charge in [-0.25, -0.2) is 4.98 Å². The van der Waals surface area contributed by atoms with Crippen molar-refractivity contribution in [3.63, 3.8) is 0 Å². The smallest absolute Gasteiger partial charge is 0.389 e. The summed E-state index contributed by atoms with van der Waals surface area (Å²) >= 11 is 0. The van der Waals surface area contributed by atoms with Crippen molar-refractivity contribution in [1.29, 1.82) is 0 Å². The third-order valence-corrected chi connectivity index (χ3v) is 5.97. The molecule has 116 valence electrons. The summed E-state index contributed by atoms with van der Waals surface area (Å²) in [7, 11) is 1.43. The highest BCUT2D eigenvalue weighted by Crippen LogP contribution is 2.20. The van der Waals surface area contributed by atoms with Crippen molar-refractivity contribution in [1.82, 2.24) is 9.55 Å². The van der Waals surface area contributed by atoms with E-state index in [9.17, 15) is 5.11 Å². The summed E-state index contributed by atoms with van der Waals surface area (Å²) < 4.78 is 23.8. The number of hydrogen-bond acceptors (Lipinski definition) is 6. The van der Waals surface area contributed by atoms with Gasteiger partial charge in [0.2, 0.25) is 0 Å². The van der Waals surface area contributed by atoms with Gasteiger partial charge in [-0.15, -0.1) is 0 Å². The summed E-state index contributed by atoms with van der Waals surface area (Å²) in [6.07, 6.45) is 5.08. The van der Waals surface area contributed by atoms with E-state index in [0.717, 1.165) is 6.42 Å². The van der Waals surface area contributed by atoms with Crippen LogP contribution in [0.1, 0.15) is 13.3 Å². The minimum Gasteiger partial charge on any atom is -0.389 e. The number of aliphatic hydroxyl groups is 1. The van der Waals surface area contributed by atoms with Crippen molar-refractivity contribution in [3.8, 4) is 0 Å². The Morgan fingerprint density at radius 2 is 1.90 bits per heavy atom. The molecule has 0 fully saturated rings. The lowest BCUT2D eigenvalue weighted by Crippen LogP contribution is -2.61. The second-order valence-electron chi connectivity index (χ2n) is 4.33. The summed E-state index contributed by atoms with van der Waals surface area (Å²) in [5, 5.41) is 10.5. The summed E-state index contributed by atoms with van der Waals surface area (Å²) in [6.45, 7) is 2.82. The molecule has 0 aliphatic heterocycles. The van der Waals surface area contributed by atoms with Gasteiger partial charge in [-0.2, -0.15) is 0 Å². The maximum Gasteiger partial charge on any atom is 0.533 e. The second kappa shape index (κ2) is 8.50. The number of ether oxygens (including phenoxy) is 1. The van der Waals surface area contributed by atoms with Crippen molar-refractivity contribution in [3.05, 3.63) is 18.7 Å². The van der Waals surface area contributed by atoms with Crippen LogP contribution in [0.25, 0.3) is 0 Å². The minimum atomic E-state index is -3.09. The van der Waals surface area contributed by atoms with Gasteiger partial charge in [0.05, 0.1) is 12.9 Å². The van der Waals surface area contributed by atoms with Crippen molar-refractivity contribution in [2.24, 2.45) is 0 Å². The Hall–Kier alpha value is -0.773. The molecule has 20 heavy (non-hydrogen) atoms. The molecule has 1 rings (SSSR count). The topological polar surface area (TPSA) is 75.0 Å². The molecule has 1 aromatic heterocycles. The molecule has 0 radical (unpaired) electrons. The first-order valence-corrected chi connectivity index (χ1v) is 8.34. The van der Waals surface area contributed by atoms with Crippen LogP contribution in [0.2, 0.25) is 0 Å². The fraction of sp³-hybridized carbons (Fsp3) is 0.750. The Balaban J connectivity index is 2.85. The molecule has 0 saturated heterocycles. The Morgan fingerprint density at radius 1 is 1.25 bits per heavy atom. The maximum absolute atomic E-state index is 10.5. The molecule has 0 saturated carbocycles. The molecule has 1 N–H and O–H groups in total. The molecule has 2 unspecified atom stereocenters. The van der Waals surface area contributed by atoms with Crippen LogP contribution >= 0.6 is 0 Å². The number of aliphatic hydroxyl groups excluding tert-OH is 1. The summed E-state index contributed by atoms with van der Waals surface area (Å²) in [5.74, 6) is 0. The molecular weight excluding hydrogens is 280 g/mol. The molecule has 0 aliphatic rings. The van der Waals surface area contributed by atoms with Crippen LogP contribution in [0, 0.1) is 0 Å². The van der Waals surface area contributed by atoms with Gasteiger partial charge in [0, 0.05) is 40.3 Å². The predicted octanol–water partition coefficient (Wildman–Crippen LogP) is 0.456. The van der Waals surface area contributed by atoms with Crippen LogP contribution in [0.4, 0.5) is 0 Å². The van der Waals surface area contributed by atoms with Gasteiger partial charge >= 0.3 is 8.80 Å². The normalized spacial score (nSPS) is 15.2. The Bertz CT molecular complexity index is 350. The molecule has 8 heteroatoms. The first kappa shape index (κ1) is 17.3. The molecule has 0 aliphatic carbocycles. The van der Waals surface area contributed by atoms with E-state index in [4.69, 9.17) is 18.0 Å². The maximum atomic E-state index is 10.5. The molecule has 1 aromatic rings. The highest BCUT2D eigenvalue weighted by atomic mass is 28.4. The number of nitrogens with zero attached hydrogens (tertiary/aromatic N) is 2. The Kier molecular flexibility index (Phi) is 7.34. The molecule has 7 nitrogen and oxygen atoms in total. The first-order chi connectivity index (χ1) is 9.63. The fourth-order valence-electron chi connectivity index (χ4n) is 2.00. The summed E-state index contributed by atoms with van der Waals surface area (Å²) in [5.41, 5.74) is -0.648. The lowest BCUT2D eigenvalue weighted by Gasteiger charge is -2.34. The molecule has 1 heterocycles.